The van der Waals surface area contributed by atoms with Gasteiger partial charge in [-0.15, -0.1) is 0 Å². The van der Waals surface area contributed by atoms with E-state index in [1.54, 1.807) is 0 Å². The number of nitrogens with zero attached hydrogens (tertiary/aromatic N) is 4. The van der Waals surface area contributed by atoms with Gasteiger partial charge in [0.25, 0.3) is 5.22 Å². The minimum atomic E-state index is -1.48. The summed E-state index contributed by atoms with van der Waals surface area (Å²) < 4.78 is 7.74. The maximum atomic E-state index is 13.7. The maximum absolute atomic E-state index is 13.7. The molecule has 2 heterocycles. The highest BCUT2D eigenvalue weighted by molar-refractivity contribution is 7.99. The van der Waals surface area contributed by atoms with Crippen molar-refractivity contribution in [1.82, 2.24) is 14.8 Å². The molecule has 0 amide bonds. The van der Waals surface area contributed by atoms with Gasteiger partial charge in [0, 0.05) is 5.41 Å². The van der Waals surface area contributed by atoms with Crippen LogP contribution in [0.1, 0.15) is 57.2 Å². The Balaban J connectivity index is 1.13. The smallest absolute Gasteiger partial charge is 0.257 e. The van der Waals surface area contributed by atoms with Crippen LogP contribution in [-0.2, 0) is 17.8 Å². The Kier molecular flexibility index (Phi) is 6.27. The van der Waals surface area contributed by atoms with Gasteiger partial charge < -0.3 is 19.5 Å². The molecule has 7 rings (SSSR count). The lowest BCUT2D eigenvalue weighted by Gasteiger charge is -2.60. The molecule has 8 nitrogen and oxygen atoms in total. The summed E-state index contributed by atoms with van der Waals surface area (Å²) in [5.41, 5.74) is 2.71. The molecular formula is C32H36N4O4S. The normalized spacial score (nSPS) is 35.6. The topological polar surface area (TPSA) is 106 Å². The van der Waals surface area contributed by atoms with Crippen molar-refractivity contribution in [3.05, 3.63) is 58.7 Å². The van der Waals surface area contributed by atoms with Crippen molar-refractivity contribution in [3.63, 3.8) is 0 Å². The number of benzene rings is 1. The summed E-state index contributed by atoms with van der Waals surface area (Å²) in [4.78, 5) is 21.7. The van der Waals surface area contributed by atoms with Gasteiger partial charge in [-0.3, -0.25) is 9.48 Å². The molecule has 2 N–H and O–H groups in total. The van der Waals surface area contributed by atoms with Crippen LogP contribution in [-0.4, -0.2) is 54.8 Å². The van der Waals surface area contributed by atoms with Crippen molar-refractivity contribution in [3.8, 4) is 0 Å². The quantitative estimate of drug-likeness (QED) is 0.309. The number of carbonyl (C=O) groups is 1. The summed E-state index contributed by atoms with van der Waals surface area (Å²) in [6, 6.07) is 7.51. The lowest BCUT2D eigenvalue weighted by molar-refractivity contribution is -0.177. The van der Waals surface area contributed by atoms with Crippen LogP contribution in [0.4, 0.5) is 0 Å². The molecule has 41 heavy (non-hydrogen) atoms. The number of fused-ring (bicyclic) bond motifs is 7. The molecule has 7 atom stereocenters. The zero-order valence-corrected chi connectivity index (χ0v) is 24.4. The monoisotopic (exact) mass is 572 g/mol. The molecule has 3 aromatic rings. The number of ketones is 1. The van der Waals surface area contributed by atoms with E-state index in [4.69, 9.17) is 11.0 Å². The van der Waals surface area contributed by atoms with Crippen molar-refractivity contribution in [1.29, 1.82) is 0 Å². The molecule has 0 radical (unpaired) electrons. The summed E-state index contributed by atoms with van der Waals surface area (Å²) in [6.07, 6.45) is 7.90. The highest BCUT2D eigenvalue weighted by Crippen LogP contribution is 2.67. The van der Waals surface area contributed by atoms with Gasteiger partial charge in [-0.1, -0.05) is 43.3 Å². The predicted molar refractivity (Wildman–Crippen MR) is 156 cm³/mol. The zero-order chi connectivity index (χ0) is 28.6. The molecule has 1 aromatic carbocycles. The van der Waals surface area contributed by atoms with Crippen molar-refractivity contribution < 1.29 is 19.4 Å². The first-order valence-electron chi connectivity index (χ1n) is 14.7. The second-order valence-electron chi connectivity index (χ2n) is 13.0. The van der Waals surface area contributed by atoms with Crippen LogP contribution in [0, 0.1) is 35.2 Å². The van der Waals surface area contributed by atoms with E-state index in [-0.39, 0.29) is 34.7 Å². The first-order valence-corrected chi connectivity index (χ1v) is 15.7. The molecule has 2 aromatic heterocycles. The van der Waals surface area contributed by atoms with E-state index in [1.165, 1.54) is 22.9 Å². The predicted octanol–water partition coefficient (Wildman–Crippen LogP) is 5.19. The fraction of sp³-hybridized carbons (Fsp3) is 0.562. The van der Waals surface area contributed by atoms with Gasteiger partial charge in [0.15, 0.2) is 11.4 Å². The number of para-hydroxylation sites is 2. The minimum Gasteiger partial charge on any atom is -0.431 e. The van der Waals surface area contributed by atoms with Crippen LogP contribution in [0.5, 0.6) is 0 Å². The number of aliphatic hydroxyl groups is 2. The Morgan fingerprint density at radius 2 is 2.12 bits per heavy atom. The van der Waals surface area contributed by atoms with Crippen LogP contribution in [0.25, 0.3) is 22.0 Å². The fourth-order valence-electron chi connectivity index (χ4n) is 9.18. The fourth-order valence-corrected chi connectivity index (χ4v) is 9.99. The Hall–Kier alpha value is -2.93. The van der Waals surface area contributed by atoms with Crippen LogP contribution in [0.2, 0.25) is 0 Å². The third kappa shape index (κ3) is 3.90. The van der Waals surface area contributed by atoms with E-state index in [0.717, 1.165) is 36.9 Å². The number of aliphatic hydroxyl groups excluding tert-OH is 1. The number of hydrogen-bond acceptors (Lipinski definition) is 7. The van der Waals surface area contributed by atoms with Crippen LogP contribution in [0.15, 0.2) is 45.7 Å². The maximum Gasteiger partial charge on any atom is 0.257 e. The average molecular weight is 573 g/mol. The van der Waals surface area contributed by atoms with Crippen molar-refractivity contribution in [2.24, 2.45) is 28.6 Å². The lowest BCUT2D eigenvalue weighted by atomic mass is 9.45. The molecule has 3 fully saturated rings. The third-order valence-electron chi connectivity index (χ3n) is 11.1. The molecule has 4 aliphatic carbocycles. The van der Waals surface area contributed by atoms with E-state index in [9.17, 15) is 15.0 Å². The second kappa shape index (κ2) is 9.55. The minimum absolute atomic E-state index is 0.0619. The van der Waals surface area contributed by atoms with Gasteiger partial charge in [0.2, 0.25) is 6.54 Å². The van der Waals surface area contributed by atoms with Crippen LogP contribution < -0.4 is 0 Å². The standard InChI is InChI=1S/C32H36N4O4S/c1-30-15-19-17-34-36(13-12-33-3)24(19)14-20(30)8-9-21-22-10-11-32(39,31(22,2)16-25(37)28(21)30)27(38)18-41-29-35-23-6-4-5-7-26(23)40-29/h4-7,14,17,21-22,25,28,37,39H,8-13,15-16,18H2,1-2H3/t21?,22?,25?,28?,30?,31?,32-/m0/s1. The van der Waals surface area contributed by atoms with Crippen LogP contribution >= 0.6 is 11.8 Å². The van der Waals surface area contributed by atoms with E-state index in [1.807, 2.05) is 42.1 Å². The molecule has 6 unspecified atom stereocenters. The zero-order valence-electron chi connectivity index (χ0n) is 23.5. The highest BCUT2D eigenvalue weighted by atomic mass is 32.2. The van der Waals surface area contributed by atoms with Crippen molar-refractivity contribution >= 4 is 34.7 Å². The number of hydrogen-bond donors (Lipinski definition) is 2. The Morgan fingerprint density at radius 3 is 2.93 bits per heavy atom. The van der Waals surface area contributed by atoms with Gasteiger partial charge >= 0.3 is 0 Å². The molecule has 0 bridgehead atoms. The molecule has 9 heteroatoms. The first-order chi connectivity index (χ1) is 19.7. The summed E-state index contributed by atoms with van der Waals surface area (Å²) in [6.45, 7) is 12.5. The van der Waals surface area contributed by atoms with Crippen LogP contribution in [0.3, 0.4) is 0 Å². The number of allylic oxidation sites excluding steroid dienone is 1. The van der Waals surface area contributed by atoms with Crippen molar-refractivity contribution in [2.45, 2.75) is 75.8 Å². The van der Waals surface area contributed by atoms with Gasteiger partial charge in [-0.25, -0.2) is 11.6 Å². The van der Waals surface area contributed by atoms with Gasteiger partial charge in [0.1, 0.15) is 17.7 Å². The Labute approximate surface area is 244 Å². The SMILES string of the molecule is [C-]#[N+]CCn1ncc2c1C=C1CCC3C(C(O)CC4(C)C3CC[C@]4(O)C(=O)CSc3nc4ccccc4o3)C1(C)C2. The Bertz CT molecular complexity index is 1570. The van der Waals surface area contributed by atoms with E-state index < -0.39 is 17.1 Å². The van der Waals surface area contributed by atoms with Gasteiger partial charge in [0.05, 0.1) is 23.7 Å². The second-order valence-corrected chi connectivity index (χ2v) is 13.9. The number of oxazole rings is 1. The molecule has 0 aliphatic heterocycles. The molecule has 0 saturated heterocycles. The third-order valence-corrected chi connectivity index (χ3v) is 12.0. The van der Waals surface area contributed by atoms with E-state index in [0.29, 0.717) is 36.7 Å². The van der Waals surface area contributed by atoms with Gasteiger partial charge in [-0.05, 0) is 85.5 Å². The largest absolute Gasteiger partial charge is 0.431 e. The van der Waals surface area contributed by atoms with E-state index >= 15 is 0 Å². The summed E-state index contributed by atoms with van der Waals surface area (Å²) in [5, 5.41) is 28.9. The molecule has 3 saturated carbocycles. The number of carbonyl (C=O) groups excluding carboxylic acids is 1. The average Bonchev–Trinajstić information content (AvgIpc) is 3.62. The number of aromatic nitrogens is 3. The number of rotatable bonds is 6. The molecular weight excluding hydrogens is 536 g/mol. The Morgan fingerprint density at radius 1 is 1.29 bits per heavy atom. The lowest BCUT2D eigenvalue weighted by Crippen LogP contribution is -2.62. The van der Waals surface area contributed by atoms with Crippen molar-refractivity contribution in [2.75, 3.05) is 12.3 Å². The van der Waals surface area contributed by atoms with Gasteiger partial charge in [-0.2, -0.15) is 5.10 Å². The summed E-state index contributed by atoms with van der Waals surface area (Å²) in [7, 11) is 0. The first kappa shape index (κ1) is 26.9. The molecule has 0 spiro atoms. The number of thioether (sulfide) groups is 1. The number of Topliss-reactive ketones (excluding diaryl/α,β-unsaturated/α-hetero) is 1. The molecule has 4 aliphatic rings. The summed E-state index contributed by atoms with van der Waals surface area (Å²) >= 11 is 1.23. The van der Waals surface area contributed by atoms with E-state index in [2.05, 4.69) is 27.9 Å². The molecule has 214 valence electrons. The highest BCUT2D eigenvalue weighted by Gasteiger charge is 2.68. The summed E-state index contributed by atoms with van der Waals surface area (Å²) in [5.74, 6) is 0.348.